The van der Waals surface area contributed by atoms with Gasteiger partial charge in [0.25, 0.3) is 0 Å². The van der Waals surface area contributed by atoms with Gasteiger partial charge in [0.15, 0.2) is 0 Å². The minimum atomic E-state index is 0.863. The van der Waals surface area contributed by atoms with E-state index in [1.165, 1.54) is 11.1 Å². The summed E-state index contributed by atoms with van der Waals surface area (Å²) in [7, 11) is 0. The van der Waals surface area contributed by atoms with E-state index in [1.54, 1.807) is 6.26 Å². The van der Waals surface area contributed by atoms with Crippen LogP contribution in [0.15, 0.2) is 47.1 Å². The van der Waals surface area contributed by atoms with Gasteiger partial charge in [-0.05, 0) is 31.1 Å². The van der Waals surface area contributed by atoms with E-state index in [2.05, 4.69) is 60.5 Å². The molecule has 0 radical (unpaired) electrons. The fourth-order valence-electron chi connectivity index (χ4n) is 2.39. The Labute approximate surface area is 128 Å². The van der Waals surface area contributed by atoms with Gasteiger partial charge in [-0.1, -0.05) is 44.2 Å². The largest absolute Gasteiger partial charge is 0.468 e. The third-order valence-electron chi connectivity index (χ3n) is 3.64. The first kappa shape index (κ1) is 15.8. The van der Waals surface area contributed by atoms with Crippen molar-refractivity contribution in [1.29, 1.82) is 0 Å². The van der Waals surface area contributed by atoms with Crippen molar-refractivity contribution in [2.24, 2.45) is 0 Å². The second-order valence-electron chi connectivity index (χ2n) is 5.33. The van der Waals surface area contributed by atoms with Crippen LogP contribution >= 0.6 is 0 Å². The SMILES string of the molecule is CCCNCc1ccoc1CN(CC)Cc1ccccc1. The molecule has 1 aromatic heterocycles. The summed E-state index contributed by atoms with van der Waals surface area (Å²) in [6, 6.07) is 12.7. The predicted molar refractivity (Wildman–Crippen MR) is 86.9 cm³/mol. The monoisotopic (exact) mass is 286 g/mol. The van der Waals surface area contributed by atoms with Crippen molar-refractivity contribution in [2.45, 2.75) is 39.9 Å². The molecule has 3 heteroatoms. The molecule has 3 nitrogen and oxygen atoms in total. The smallest absolute Gasteiger partial charge is 0.122 e. The molecule has 0 atom stereocenters. The number of hydrogen-bond donors (Lipinski definition) is 1. The van der Waals surface area contributed by atoms with Gasteiger partial charge in [0.05, 0.1) is 12.8 Å². The summed E-state index contributed by atoms with van der Waals surface area (Å²) in [5, 5.41) is 3.44. The van der Waals surface area contributed by atoms with Crippen molar-refractivity contribution in [3.63, 3.8) is 0 Å². The molecule has 0 saturated carbocycles. The molecule has 2 aromatic rings. The molecule has 1 heterocycles. The fraction of sp³-hybridized carbons (Fsp3) is 0.444. The number of benzene rings is 1. The molecule has 0 aliphatic heterocycles. The molecular formula is C18H26N2O. The summed E-state index contributed by atoms with van der Waals surface area (Å²) in [6.07, 6.45) is 2.96. The Morgan fingerprint density at radius 3 is 2.57 bits per heavy atom. The van der Waals surface area contributed by atoms with Crippen LogP contribution in [0.1, 0.15) is 37.2 Å². The molecule has 0 unspecified atom stereocenters. The highest BCUT2D eigenvalue weighted by Crippen LogP contribution is 2.15. The number of furan rings is 1. The topological polar surface area (TPSA) is 28.4 Å². The summed E-state index contributed by atoms with van der Waals surface area (Å²) in [4.78, 5) is 2.40. The van der Waals surface area contributed by atoms with Crippen LogP contribution in [0.25, 0.3) is 0 Å². The van der Waals surface area contributed by atoms with E-state index in [9.17, 15) is 0 Å². The molecule has 0 aliphatic carbocycles. The third kappa shape index (κ3) is 5.03. The van der Waals surface area contributed by atoms with Gasteiger partial charge in [-0.2, -0.15) is 0 Å². The van der Waals surface area contributed by atoms with Crippen molar-refractivity contribution >= 4 is 0 Å². The van der Waals surface area contributed by atoms with Crippen LogP contribution < -0.4 is 5.32 Å². The van der Waals surface area contributed by atoms with Crippen molar-refractivity contribution in [3.05, 3.63) is 59.5 Å². The first-order valence-electron chi connectivity index (χ1n) is 7.85. The van der Waals surface area contributed by atoms with Gasteiger partial charge < -0.3 is 9.73 Å². The van der Waals surface area contributed by atoms with Crippen LogP contribution in [0.2, 0.25) is 0 Å². The summed E-state index contributed by atoms with van der Waals surface area (Å²) in [5.74, 6) is 1.08. The van der Waals surface area contributed by atoms with E-state index >= 15 is 0 Å². The third-order valence-corrected chi connectivity index (χ3v) is 3.64. The summed E-state index contributed by atoms with van der Waals surface area (Å²) in [5.41, 5.74) is 2.62. The predicted octanol–water partition coefficient (Wildman–Crippen LogP) is 3.80. The van der Waals surface area contributed by atoms with E-state index in [0.29, 0.717) is 0 Å². The Morgan fingerprint density at radius 2 is 1.86 bits per heavy atom. The maximum Gasteiger partial charge on any atom is 0.122 e. The zero-order valence-corrected chi connectivity index (χ0v) is 13.1. The Bertz CT molecular complexity index is 507. The minimum Gasteiger partial charge on any atom is -0.468 e. The van der Waals surface area contributed by atoms with Crippen LogP contribution in [0.3, 0.4) is 0 Å². The summed E-state index contributed by atoms with van der Waals surface area (Å²) in [6.45, 7) is 9.15. The normalized spacial score (nSPS) is 11.2. The molecule has 0 spiro atoms. The van der Waals surface area contributed by atoms with Crippen LogP contribution in [0.5, 0.6) is 0 Å². The van der Waals surface area contributed by atoms with Crippen molar-refractivity contribution in [1.82, 2.24) is 10.2 Å². The lowest BCUT2D eigenvalue weighted by Gasteiger charge is -2.20. The Morgan fingerprint density at radius 1 is 1.05 bits per heavy atom. The van der Waals surface area contributed by atoms with Gasteiger partial charge in [0, 0.05) is 18.7 Å². The maximum atomic E-state index is 5.68. The standard InChI is InChI=1S/C18H26N2O/c1-3-11-19-13-17-10-12-21-18(17)15-20(4-2)14-16-8-6-5-7-9-16/h5-10,12,19H,3-4,11,13-15H2,1-2H3. The Kier molecular flexibility index (Phi) is 6.51. The number of nitrogens with zero attached hydrogens (tertiary/aromatic N) is 1. The van der Waals surface area contributed by atoms with Gasteiger partial charge in [0.1, 0.15) is 5.76 Å². The summed E-state index contributed by atoms with van der Waals surface area (Å²) < 4.78 is 5.68. The average Bonchev–Trinajstić information content (AvgIpc) is 2.95. The van der Waals surface area contributed by atoms with Gasteiger partial charge in [-0.3, -0.25) is 4.90 Å². The molecule has 0 saturated heterocycles. The van der Waals surface area contributed by atoms with Gasteiger partial charge in [0.2, 0.25) is 0 Å². The molecule has 0 bridgehead atoms. The van der Waals surface area contributed by atoms with Crippen LogP contribution in [0.4, 0.5) is 0 Å². The van der Waals surface area contributed by atoms with Crippen molar-refractivity contribution in [2.75, 3.05) is 13.1 Å². The van der Waals surface area contributed by atoms with E-state index in [1.807, 2.05) is 0 Å². The van der Waals surface area contributed by atoms with Crippen molar-refractivity contribution < 1.29 is 4.42 Å². The molecule has 1 aromatic carbocycles. The molecule has 1 N–H and O–H groups in total. The fourth-order valence-corrected chi connectivity index (χ4v) is 2.39. The zero-order valence-electron chi connectivity index (χ0n) is 13.1. The minimum absolute atomic E-state index is 0.863. The molecule has 21 heavy (non-hydrogen) atoms. The van der Waals surface area contributed by atoms with Crippen LogP contribution in [0, 0.1) is 0 Å². The van der Waals surface area contributed by atoms with Gasteiger partial charge >= 0.3 is 0 Å². The van der Waals surface area contributed by atoms with Gasteiger partial charge in [-0.25, -0.2) is 0 Å². The number of hydrogen-bond acceptors (Lipinski definition) is 3. The number of rotatable bonds is 9. The van der Waals surface area contributed by atoms with Crippen LogP contribution in [-0.2, 0) is 19.6 Å². The molecular weight excluding hydrogens is 260 g/mol. The molecule has 0 amide bonds. The highest BCUT2D eigenvalue weighted by atomic mass is 16.3. The quantitative estimate of drug-likeness (QED) is 0.711. The zero-order chi connectivity index (χ0) is 14.9. The molecule has 114 valence electrons. The second-order valence-corrected chi connectivity index (χ2v) is 5.33. The van der Waals surface area contributed by atoms with E-state index in [0.717, 1.165) is 44.9 Å². The van der Waals surface area contributed by atoms with Crippen molar-refractivity contribution in [3.8, 4) is 0 Å². The van der Waals surface area contributed by atoms with E-state index in [-0.39, 0.29) is 0 Å². The highest BCUT2D eigenvalue weighted by Gasteiger charge is 2.11. The lowest BCUT2D eigenvalue weighted by atomic mass is 10.2. The maximum absolute atomic E-state index is 5.68. The Hall–Kier alpha value is -1.58. The highest BCUT2D eigenvalue weighted by molar-refractivity contribution is 5.18. The summed E-state index contributed by atoms with van der Waals surface area (Å²) >= 11 is 0. The van der Waals surface area contributed by atoms with E-state index < -0.39 is 0 Å². The molecule has 0 fully saturated rings. The van der Waals surface area contributed by atoms with E-state index in [4.69, 9.17) is 4.42 Å². The first-order chi connectivity index (χ1) is 10.3. The molecule has 0 aliphatic rings. The first-order valence-corrected chi connectivity index (χ1v) is 7.85. The van der Waals surface area contributed by atoms with Gasteiger partial charge in [-0.15, -0.1) is 0 Å². The molecule has 2 rings (SSSR count). The second kappa shape index (κ2) is 8.65. The lowest BCUT2D eigenvalue weighted by Crippen LogP contribution is -2.23. The number of nitrogens with one attached hydrogen (secondary N) is 1. The average molecular weight is 286 g/mol. The lowest BCUT2D eigenvalue weighted by molar-refractivity contribution is 0.246. The van der Waals surface area contributed by atoms with Crippen LogP contribution in [-0.4, -0.2) is 18.0 Å². The Balaban J connectivity index is 1.94.